The van der Waals surface area contributed by atoms with E-state index in [1.807, 2.05) is 65.6 Å². The Morgan fingerprint density at radius 1 is 0.854 bits per heavy atom. The van der Waals surface area contributed by atoms with Crippen molar-refractivity contribution >= 4 is 33.1 Å². The van der Waals surface area contributed by atoms with Crippen molar-refractivity contribution in [1.82, 2.24) is 0 Å². The number of carboxylic acid groups (broad SMARTS) is 1. The first-order chi connectivity index (χ1) is 19.6. The van der Waals surface area contributed by atoms with Gasteiger partial charge in [0, 0.05) is 41.9 Å². The first-order valence-corrected chi connectivity index (χ1v) is 15.1. The first-order valence-electron chi connectivity index (χ1n) is 13.5. The fourth-order valence-electron chi connectivity index (χ4n) is 5.16. The molecule has 0 radical (unpaired) electrons. The molecule has 1 atom stereocenters. The number of hydrogen-bond donors (Lipinski definition) is 3. The minimum atomic E-state index is -4.12. The van der Waals surface area contributed by atoms with Crippen molar-refractivity contribution in [1.29, 1.82) is 0 Å². The number of hydrogen-bond acceptors (Lipinski definition) is 6. The lowest BCUT2D eigenvalue weighted by Gasteiger charge is -2.40. The third-order valence-electron chi connectivity index (χ3n) is 7.14. The Hall–Kier alpha value is -3.99. The van der Waals surface area contributed by atoms with Gasteiger partial charge in [-0.2, -0.15) is 8.42 Å². The van der Waals surface area contributed by atoms with Crippen LogP contribution >= 0.6 is 0 Å². The van der Waals surface area contributed by atoms with Crippen LogP contribution < -0.4 is 14.9 Å². The Morgan fingerprint density at radius 2 is 1.39 bits per heavy atom. The van der Waals surface area contributed by atoms with Gasteiger partial charge in [-0.05, 0) is 30.5 Å². The van der Waals surface area contributed by atoms with E-state index in [-0.39, 0.29) is 36.5 Å². The molecule has 41 heavy (non-hydrogen) atoms. The molecule has 0 saturated carbocycles. The number of anilines is 1. The molecule has 0 aliphatic heterocycles. The van der Waals surface area contributed by atoms with Crippen LogP contribution in [0.25, 0.3) is 5.57 Å². The van der Waals surface area contributed by atoms with Gasteiger partial charge in [0.25, 0.3) is 10.1 Å². The summed E-state index contributed by atoms with van der Waals surface area (Å²) in [5.74, 6) is -1.73. The maximum absolute atomic E-state index is 13.4. The van der Waals surface area contributed by atoms with Crippen molar-refractivity contribution in [3.8, 4) is 0 Å². The van der Waals surface area contributed by atoms with Crippen LogP contribution in [0.2, 0.25) is 0 Å². The van der Waals surface area contributed by atoms with E-state index in [2.05, 4.69) is 0 Å². The normalized spacial score (nSPS) is 15.2. The lowest BCUT2D eigenvalue weighted by Crippen LogP contribution is -3.16. The lowest BCUT2D eigenvalue weighted by molar-refractivity contribution is -0.943. The Labute approximate surface area is 240 Å². The van der Waals surface area contributed by atoms with E-state index in [0.29, 0.717) is 37.3 Å². The summed E-state index contributed by atoms with van der Waals surface area (Å²) in [6.07, 6.45) is 0.464. The molecule has 0 amide bonds. The van der Waals surface area contributed by atoms with E-state index in [1.54, 1.807) is 24.3 Å². The summed E-state index contributed by atoms with van der Waals surface area (Å²) >= 11 is 0. The van der Waals surface area contributed by atoms with Crippen molar-refractivity contribution in [3.63, 3.8) is 0 Å². The molecule has 3 N–H and O–H groups in total. The molecule has 1 unspecified atom stereocenters. The van der Waals surface area contributed by atoms with Crippen LogP contribution in [-0.2, 0) is 32.8 Å². The van der Waals surface area contributed by atoms with Crippen molar-refractivity contribution in [2.24, 2.45) is 0 Å². The fourth-order valence-corrected chi connectivity index (χ4v) is 5.65. The van der Waals surface area contributed by atoms with Crippen molar-refractivity contribution in [2.45, 2.75) is 38.4 Å². The van der Waals surface area contributed by atoms with Gasteiger partial charge >= 0.3 is 5.97 Å². The van der Waals surface area contributed by atoms with E-state index in [1.165, 1.54) is 0 Å². The monoisotopic (exact) mass is 578 g/mol. The van der Waals surface area contributed by atoms with Crippen molar-refractivity contribution in [2.75, 3.05) is 23.7 Å². The van der Waals surface area contributed by atoms with Gasteiger partial charge in [0.1, 0.15) is 13.1 Å². The third kappa shape index (κ3) is 8.26. The van der Waals surface area contributed by atoms with Crippen LogP contribution in [0, 0.1) is 0 Å². The highest BCUT2D eigenvalue weighted by molar-refractivity contribution is 7.85. The standard InChI is InChI=1S/C31H34N2O7S/c34-27(35)13-7-18-32(19-8-20-41(38,39)40)26-16-14-25(15-17-26)28-30(36)29(31(28)37)33(21-23-9-3-1-4-10-23)22-24-11-5-2-6-12-24/h1-6,9-12,14-17,29,36H,7-8,13,18-22H2,(H,34,35)(H,38,39,40). The summed E-state index contributed by atoms with van der Waals surface area (Å²) < 4.78 is 31.4. The summed E-state index contributed by atoms with van der Waals surface area (Å²) in [6, 6.07) is 25.6. The number of carboxylic acids is 1. The molecule has 10 heteroatoms. The number of aliphatic carboxylic acids is 1. The SMILES string of the molecule is O=C(O)CCCN(CCCS(=O)(=O)O)c1ccc(C2=C([O-])C([NH+](Cc3ccccc3)Cc3ccccc3)C2=O)cc1. The summed E-state index contributed by atoms with van der Waals surface area (Å²) in [5, 5.41) is 22.4. The molecule has 3 aromatic carbocycles. The first kappa shape index (κ1) is 30.0. The largest absolute Gasteiger partial charge is 0.871 e. The number of nitrogens with zero attached hydrogens (tertiary/aromatic N) is 1. The molecule has 9 nitrogen and oxygen atoms in total. The summed E-state index contributed by atoms with van der Waals surface area (Å²) in [5.41, 5.74) is 3.46. The molecule has 1 aliphatic rings. The molecule has 216 valence electrons. The minimum Gasteiger partial charge on any atom is -0.871 e. The van der Waals surface area contributed by atoms with Gasteiger partial charge in [0.2, 0.25) is 5.78 Å². The number of quaternary nitrogens is 1. The maximum Gasteiger partial charge on any atom is 0.303 e. The Kier molecular flexibility index (Phi) is 9.93. The zero-order valence-corrected chi connectivity index (χ0v) is 23.4. The zero-order chi connectivity index (χ0) is 29.4. The number of ketones is 1. The Balaban J connectivity index is 1.53. The molecule has 0 fully saturated rings. The third-order valence-corrected chi connectivity index (χ3v) is 7.95. The average molecular weight is 579 g/mol. The lowest BCUT2D eigenvalue weighted by atomic mass is 9.82. The summed E-state index contributed by atoms with van der Waals surface area (Å²) in [6.45, 7) is 1.70. The number of rotatable bonds is 15. The average Bonchev–Trinajstić information content (AvgIpc) is 2.93. The number of benzene rings is 3. The summed E-state index contributed by atoms with van der Waals surface area (Å²) in [7, 11) is -4.12. The van der Waals surface area contributed by atoms with Crippen LogP contribution in [-0.4, -0.2) is 54.7 Å². The molecule has 4 rings (SSSR count). The number of carbonyl (C=O) groups is 2. The summed E-state index contributed by atoms with van der Waals surface area (Å²) in [4.78, 5) is 27.1. The Bertz CT molecular complexity index is 1430. The minimum absolute atomic E-state index is 0.0417. The van der Waals surface area contributed by atoms with Gasteiger partial charge in [-0.15, -0.1) is 0 Å². The van der Waals surface area contributed by atoms with E-state index in [4.69, 9.17) is 9.66 Å². The number of Topliss-reactive ketones (excluding diaryl/α,β-unsaturated/α-hetero) is 1. The molecule has 0 bridgehead atoms. The van der Waals surface area contributed by atoms with E-state index in [0.717, 1.165) is 16.0 Å². The fraction of sp³-hybridized carbons (Fsp3) is 0.290. The molecule has 1 aliphatic carbocycles. The number of nitrogens with one attached hydrogen (secondary N) is 1. The van der Waals surface area contributed by atoms with Crippen molar-refractivity contribution < 1.29 is 37.7 Å². The molecule has 0 saturated heterocycles. The predicted molar refractivity (Wildman–Crippen MR) is 154 cm³/mol. The van der Waals surface area contributed by atoms with Gasteiger partial charge in [-0.1, -0.05) is 78.6 Å². The molecule has 0 spiro atoms. The zero-order valence-electron chi connectivity index (χ0n) is 22.6. The second kappa shape index (κ2) is 13.6. The number of carbonyl (C=O) groups excluding carboxylic acids is 1. The highest BCUT2D eigenvalue weighted by Crippen LogP contribution is 2.30. The van der Waals surface area contributed by atoms with Gasteiger partial charge in [-0.25, -0.2) is 0 Å². The van der Waals surface area contributed by atoms with Crippen molar-refractivity contribution in [3.05, 3.63) is 107 Å². The molecule has 0 heterocycles. The molecule has 0 aromatic heterocycles. The molecular weight excluding hydrogens is 544 g/mol. The Morgan fingerprint density at radius 3 is 1.88 bits per heavy atom. The van der Waals surface area contributed by atoms with Crippen LogP contribution in [0.15, 0.2) is 90.7 Å². The van der Waals surface area contributed by atoms with Crippen LogP contribution in [0.5, 0.6) is 0 Å². The topological polar surface area (TPSA) is 139 Å². The molecular formula is C31H34N2O7S. The second-order valence-electron chi connectivity index (χ2n) is 10.2. The quantitative estimate of drug-likeness (QED) is 0.233. The second-order valence-corrected chi connectivity index (χ2v) is 11.8. The molecule has 3 aromatic rings. The van der Waals surface area contributed by atoms with E-state index < -0.39 is 27.9 Å². The van der Waals surface area contributed by atoms with Crippen LogP contribution in [0.1, 0.15) is 36.0 Å². The predicted octanol–water partition coefficient (Wildman–Crippen LogP) is 1.94. The van der Waals surface area contributed by atoms with Gasteiger partial charge in [0.05, 0.1) is 5.75 Å². The smallest absolute Gasteiger partial charge is 0.303 e. The van der Waals surface area contributed by atoms with Gasteiger partial charge in [0.15, 0.2) is 6.04 Å². The van der Waals surface area contributed by atoms with E-state index in [9.17, 15) is 23.1 Å². The van der Waals surface area contributed by atoms with Gasteiger partial charge in [-0.3, -0.25) is 14.1 Å². The van der Waals surface area contributed by atoms with Gasteiger partial charge < -0.3 is 20.0 Å². The van der Waals surface area contributed by atoms with E-state index >= 15 is 0 Å². The van der Waals surface area contributed by atoms with Crippen LogP contribution in [0.3, 0.4) is 0 Å². The van der Waals surface area contributed by atoms with Crippen LogP contribution in [0.4, 0.5) is 5.69 Å². The maximum atomic E-state index is 13.4. The highest BCUT2D eigenvalue weighted by atomic mass is 32.2. The highest BCUT2D eigenvalue weighted by Gasteiger charge is 2.41.